The molecule has 4 heteroatoms. The zero-order valence-corrected chi connectivity index (χ0v) is 13.7. The van der Waals surface area contributed by atoms with Gasteiger partial charge in [-0.2, -0.15) is 0 Å². The number of halogens is 2. The van der Waals surface area contributed by atoms with Gasteiger partial charge in [0.2, 0.25) is 0 Å². The Balaban J connectivity index is 0.00000144. The topological polar surface area (TPSA) is 9.23 Å². The van der Waals surface area contributed by atoms with Crippen molar-refractivity contribution in [2.24, 2.45) is 0 Å². The van der Waals surface area contributed by atoms with E-state index in [1.54, 1.807) is 20.8 Å². The Hall–Kier alpha value is -0.206. The molecule has 0 saturated carbocycles. The molecular formula is C14H15Cl2OTi. The third-order valence-electron chi connectivity index (χ3n) is 2.78. The Bertz CT molecular complexity index is 515. The molecule has 0 aliphatic carbocycles. The van der Waals surface area contributed by atoms with Gasteiger partial charge >= 0.3 is 109 Å². The third kappa shape index (κ3) is 3.42. The minimum atomic E-state index is 0. The summed E-state index contributed by atoms with van der Waals surface area (Å²) in [7, 11) is 0. The van der Waals surface area contributed by atoms with Gasteiger partial charge in [-0.1, -0.05) is 0 Å². The SMILES string of the molecule is CC(C)(C)c1cccc2cccc([O][Ti+2])c12.[Cl-].[Cl-]. The van der Waals surface area contributed by atoms with Crippen LogP contribution in [0.3, 0.4) is 0 Å². The van der Waals surface area contributed by atoms with Gasteiger partial charge < -0.3 is 24.8 Å². The fourth-order valence-corrected chi connectivity index (χ4v) is 2.28. The minimum absolute atomic E-state index is 0. The number of fused-ring (bicyclic) bond motifs is 1. The first kappa shape index (κ1) is 17.8. The summed E-state index contributed by atoms with van der Waals surface area (Å²) in [6.45, 7) is 6.69. The van der Waals surface area contributed by atoms with Crippen molar-refractivity contribution in [3.8, 4) is 5.75 Å². The van der Waals surface area contributed by atoms with E-state index in [2.05, 4.69) is 45.0 Å². The number of benzene rings is 2. The van der Waals surface area contributed by atoms with Gasteiger partial charge in [-0.15, -0.1) is 0 Å². The molecule has 2 aromatic rings. The van der Waals surface area contributed by atoms with Crippen LogP contribution in [0.1, 0.15) is 26.3 Å². The molecule has 0 radical (unpaired) electrons. The third-order valence-corrected chi connectivity index (χ3v) is 3.13. The minimum Gasteiger partial charge on any atom is -1.00 e. The van der Waals surface area contributed by atoms with Crippen molar-refractivity contribution in [2.45, 2.75) is 26.2 Å². The van der Waals surface area contributed by atoms with Crippen LogP contribution in [0.15, 0.2) is 36.4 Å². The second-order valence-electron chi connectivity index (χ2n) is 5.01. The summed E-state index contributed by atoms with van der Waals surface area (Å²) < 4.78 is 5.46. The molecule has 0 unspecified atom stereocenters. The van der Waals surface area contributed by atoms with E-state index in [9.17, 15) is 0 Å². The second-order valence-corrected chi connectivity index (χ2v) is 5.33. The van der Waals surface area contributed by atoms with Crippen LogP contribution in [0, 0.1) is 0 Å². The van der Waals surface area contributed by atoms with Crippen LogP contribution in [-0.4, -0.2) is 0 Å². The Labute approximate surface area is 133 Å². The van der Waals surface area contributed by atoms with Crippen LogP contribution in [0.4, 0.5) is 0 Å². The largest absolute Gasteiger partial charge is 1.00 e. The molecule has 0 aromatic heterocycles. The van der Waals surface area contributed by atoms with Crippen LogP contribution in [0.5, 0.6) is 5.75 Å². The molecule has 0 atom stereocenters. The van der Waals surface area contributed by atoms with Gasteiger partial charge in [-0.05, 0) is 0 Å². The number of rotatable bonds is 1. The molecule has 0 heterocycles. The van der Waals surface area contributed by atoms with E-state index >= 15 is 0 Å². The molecule has 0 fully saturated rings. The molecule has 0 spiro atoms. The quantitative estimate of drug-likeness (QED) is 0.552. The average Bonchev–Trinajstić information content (AvgIpc) is 2.26. The van der Waals surface area contributed by atoms with Gasteiger partial charge in [0.1, 0.15) is 0 Å². The summed E-state index contributed by atoms with van der Waals surface area (Å²) in [5, 5.41) is 2.48. The molecule has 18 heavy (non-hydrogen) atoms. The van der Waals surface area contributed by atoms with Gasteiger partial charge in [0.05, 0.1) is 0 Å². The first-order valence-corrected chi connectivity index (χ1v) is 6.03. The number of hydrogen-bond acceptors (Lipinski definition) is 1. The molecule has 0 amide bonds. The second kappa shape index (κ2) is 6.81. The van der Waals surface area contributed by atoms with Crippen LogP contribution in [0.2, 0.25) is 0 Å². The summed E-state index contributed by atoms with van der Waals surface area (Å²) in [5.74, 6) is 0.961. The molecule has 0 aliphatic rings. The molecule has 95 valence electrons. The van der Waals surface area contributed by atoms with Crippen LogP contribution >= 0.6 is 0 Å². The van der Waals surface area contributed by atoms with Crippen molar-refractivity contribution in [2.75, 3.05) is 0 Å². The zero-order chi connectivity index (χ0) is 11.8. The zero-order valence-electron chi connectivity index (χ0n) is 10.6. The Kier molecular flexibility index (Phi) is 6.74. The first-order valence-electron chi connectivity index (χ1n) is 5.40. The van der Waals surface area contributed by atoms with E-state index < -0.39 is 0 Å². The van der Waals surface area contributed by atoms with Gasteiger partial charge in [-0.25, -0.2) is 0 Å². The van der Waals surface area contributed by atoms with Gasteiger partial charge in [-0.3, -0.25) is 0 Å². The summed E-state index contributed by atoms with van der Waals surface area (Å²) in [6.07, 6.45) is 0. The van der Waals surface area contributed by atoms with Crippen LogP contribution in [0.25, 0.3) is 10.8 Å². The van der Waals surface area contributed by atoms with Crippen LogP contribution < -0.4 is 28.1 Å². The van der Waals surface area contributed by atoms with Crippen molar-refractivity contribution < 1.29 is 49.0 Å². The summed E-state index contributed by atoms with van der Waals surface area (Å²) >= 11 is 1.73. The maximum atomic E-state index is 5.46. The Morgan fingerprint density at radius 3 is 2.00 bits per heavy atom. The van der Waals surface area contributed by atoms with Crippen molar-refractivity contribution in [1.82, 2.24) is 0 Å². The predicted octanol–water partition coefficient (Wildman–Crippen LogP) is -2.01. The van der Waals surface area contributed by atoms with Crippen molar-refractivity contribution in [3.05, 3.63) is 42.0 Å². The standard InChI is InChI=1S/C14H16O.2ClH.Ti/c1-14(2,3)11-8-4-6-10-7-5-9-12(15)13(10)11;;;/h4-9,15H,1-3H3;2*1H;/q;;;+3/p-3. The van der Waals surface area contributed by atoms with Crippen molar-refractivity contribution >= 4 is 10.8 Å². The Morgan fingerprint density at radius 1 is 0.944 bits per heavy atom. The monoisotopic (exact) mass is 317 g/mol. The maximum absolute atomic E-state index is 5.46. The summed E-state index contributed by atoms with van der Waals surface area (Å²) in [6, 6.07) is 12.6. The molecule has 0 aliphatic heterocycles. The fraction of sp³-hybridized carbons (Fsp3) is 0.286. The molecule has 0 bridgehead atoms. The van der Waals surface area contributed by atoms with Crippen LogP contribution in [-0.2, 0) is 26.2 Å². The number of hydrogen-bond donors (Lipinski definition) is 0. The van der Waals surface area contributed by atoms with E-state index in [1.807, 2.05) is 12.1 Å². The van der Waals surface area contributed by atoms with Gasteiger partial charge in [0.25, 0.3) is 0 Å². The molecular weight excluding hydrogens is 303 g/mol. The summed E-state index contributed by atoms with van der Waals surface area (Å²) in [4.78, 5) is 0. The van der Waals surface area contributed by atoms with E-state index in [-0.39, 0.29) is 30.2 Å². The first-order chi connectivity index (χ1) is 7.54. The molecule has 0 N–H and O–H groups in total. The Morgan fingerprint density at radius 2 is 1.50 bits per heavy atom. The smallest absolute Gasteiger partial charge is 1.00 e. The van der Waals surface area contributed by atoms with Crippen molar-refractivity contribution in [3.63, 3.8) is 0 Å². The van der Waals surface area contributed by atoms with Gasteiger partial charge in [0, 0.05) is 0 Å². The molecule has 2 rings (SSSR count). The summed E-state index contributed by atoms with van der Waals surface area (Å²) in [5.41, 5.74) is 1.47. The molecule has 2 aromatic carbocycles. The molecule has 1 nitrogen and oxygen atoms in total. The molecule has 0 saturated heterocycles. The van der Waals surface area contributed by atoms with E-state index in [0.29, 0.717) is 0 Å². The van der Waals surface area contributed by atoms with E-state index in [1.165, 1.54) is 16.3 Å². The average molecular weight is 318 g/mol. The predicted molar refractivity (Wildman–Crippen MR) is 63.3 cm³/mol. The fourth-order valence-electron chi connectivity index (χ4n) is 2.02. The normalized spacial score (nSPS) is 10.5. The van der Waals surface area contributed by atoms with E-state index in [4.69, 9.17) is 3.32 Å². The van der Waals surface area contributed by atoms with Crippen molar-refractivity contribution in [1.29, 1.82) is 0 Å². The maximum Gasteiger partial charge on any atom is -1.00 e. The van der Waals surface area contributed by atoms with E-state index in [0.717, 1.165) is 5.75 Å². The van der Waals surface area contributed by atoms with Gasteiger partial charge in [0.15, 0.2) is 0 Å².